The zero-order chi connectivity index (χ0) is 13.6. The Morgan fingerprint density at radius 2 is 1.17 bits per heavy atom. The van der Waals surface area contributed by atoms with E-state index < -0.39 is 0 Å². The highest BCUT2D eigenvalue weighted by Crippen LogP contribution is 1.86. The lowest BCUT2D eigenvalue weighted by Crippen LogP contribution is -1.80. The van der Waals surface area contributed by atoms with Gasteiger partial charge in [0.25, 0.3) is 0 Å². The van der Waals surface area contributed by atoms with Crippen LogP contribution in [0.15, 0.2) is 48.8 Å². The van der Waals surface area contributed by atoms with Crippen LogP contribution in [0, 0.1) is 0 Å². The molecule has 5 heteroatoms. The number of aldehydes is 2. The Labute approximate surface area is 105 Å². The van der Waals surface area contributed by atoms with Crippen molar-refractivity contribution >= 4 is 19.4 Å². The Kier molecular flexibility index (Phi) is 9.20. The smallest absolute Gasteiger partial charge is 0.168 e. The molecule has 0 N–H and O–H groups in total. The minimum Gasteiger partial charge on any atom is -0.307 e. The fourth-order valence-electron chi connectivity index (χ4n) is 0.891. The first-order valence-corrected chi connectivity index (χ1v) is 4.88. The lowest BCUT2D eigenvalue weighted by molar-refractivity contribution is -0.0980. The summed E-state index contributed by atoms with van der Waals surface area (Å²) in [5, 5.41) is 0. The predicted octanol–water partition coefficient (Wildman–Crippen LogP) is 1.60. The van der Waals surface area contributed by atoms with Crippen LogP contribution in [0.2, 0.25) is 0 Å². The van der Waals surface area contributed by atoms with Crippen LogP contribution in [-0.2, 0) is 4.79 Å². The predicted molar refractivity (Wildman–Crippen MR) is 66.4 cm³/mol. The van der Waals surface area contributed by atoms with E-state index in [0.717, 1.165) is 12.6 Å². The molecule has 0 fully saturated rings. The third kappa shape index (κ3) is 6.73. The van der Waals surface area contributed by atoms with Crippen molar-refractivity contribution in [1.82, 2.24) is 9.97 Å². The van der Waals surface area contributed by atoms with Gasteiger partial charge in [-0.05, 0) is 24.3 Å². The van der Waals surface area contributed by atoms with E-state index in [-0.39, 0.29) is 0 Å². The Hall–Kier alpha value is -2.69. The number of rotatable bonds is 2. The van der Waals surface area contributed by atoms with Gasteiger partial charge in [0.05, 0.1) is 0 Å². The molecule has 2 aromatic rings. The normalized spacial score (nSPS) is 7.78. The van der Waals surface area contributed by atoms with Gasteiger partial charge in [-0.1, -0.05) is 12.1 Å². The molecule has 0 aliphatic heterocycles. The summed E-state index contributed by atoms with van der Waals surface area (Å²) in [5.41, 5.74) is 0.958. The fourth-order valence-corrected chi connectivity index (χ4v) is 0.891. The van der Waals surface area contributed by atoms with Gasteiger partial charge in [-0.25, -0.2) is 0 Å². The molecule has 18 heavy (non-hydrogen) atoms. The molecule has 2 aromatic heterocycles. The third-order valence-electron chi connectivity index (χ3n) is 1.62. The average Bonchev–Trinajstić information content (AvgIpc) is 2.51. The Morgan fingerprint density at radius 1 is 0.778 bits per heavy atom. The molecule has 92 valence electrons. The number of hydrogen-bond donors (Lipinski definition) is 0. The summed E-state index contributed by atoms with van der Waals surface area (Å²) in [6.07, 6.45) is 4.62. The monoisotopic (exact) mass is 244 g/mol. The molecular formula is C13H12N2O3. The number of hydrogen-bond acceptors (Lipinski definition) is 5. The molecule has 2 heterocycles. The zero-order valence-corrected chi connectivity index (χ0v) is 9.60. The number of aromatic nitrogens is 2. The topological polar surface area (TPSA) is 77.0 Å². The van der Waals surface area contributed by atoms with Gasteiger partial charge in [0, 0.05) is 12.4 Å². The van der Waals surface area contributed by atoms with Gasteiger partial charge < -0.3 is 4.79 Å². The maximum atomic E-state index is 9.94. The summed E-state index contributed by atoms with van der Waals surface area (Å²) >= 11 is 0. The molecule has 0 bridgehead atoms. The summed E-state index contributed by atoms with van der Waals surface area (Å²) in [4.78, 5) is 35.3. The van der Waals surface area contributed by atoms with Gasteiger partial charge in [-0.15, -0.1) is 0 Å². The van der Waals surface area contributed by atoms with Crippen molar-refractivity contribution < 1.29 is 14.4 Å². The summed E-state index contributed by atoms with van der Waals surface area (Å²) in [5.74, 6) is 0. The van der Waals surface area contributed by atoms with E-state index in [9.17, 15) is 9.59 Å². The maximum absolute atomic E-state index is 9.94. The number of pyridine rings is 2. The Balaban J connectivity index is 0.000000283. The van der Waals surface area contributed by atoms with Crippen LogP contribution in [0.4, 0.5) is 0 Å². The first kappa shape index (κ1) is 15.3. The van der Waals surface area contributed by atoms with E-state index in [1.165, 1.54) is 0 Å². The van der Waals surface area contributed by atoms with Gasteiger partial charge in [0.1, 0.15) is 18.2 Å². The van der Waals surface area contributed by atoms with Crippen LogP contribution in [0.3, 0.4) is 0 Å². The van der Waals surface area contributed by atoms with Crippen molar-refractivity contribution in [2.75, 3.05) is 0 Å². The quantitative estimate of drug-likeness (QED) is 0.750. The number of carbonyl (C=O) groups excluding carboxylic acids is 3. The van der Waals surface area contributed by atoms with E-state index in [4.69, 9.17) is 4.79 Å². The molecule has 0 amide bonds. The molecular weight excluding hydrogens is 232 g/mol. The van der Waals surface area contributed by atoms with Gasteiger partial charge in [0.2, 0.25) is 0 Å². The maximum Gasteiger partial charge on any atom is 0.168 e. The molecule has 0 aromatic carbocycles. The summed E-state index contributed by atoms with van der Waals surface area (Å²) in [6.45, 7) is 2.00. The van der Waals surface area contributed by atoms with Crippen LogP contribution < -0.4 is 0 Å². The largest absolute Gasteiger partial charge is 0.307 e. The molecule has 0 aliphatic carbocycles. The van der Waals surface area contributed by atoms with Crippen LogP contribution in [0.25, 0.3) is 0 Å². The first-order chi connectivity index (χ1) is 8.86. The van der Waals surface area contributed by atoms with Crippen molar-refractivity contribution in [2.45, 2.75) is 0 Å². The third-order valence-corrected chi connectivity index (χ3v) is 1.62. The minimum absolute atomic E-state index is 0.479. The van der Waals surface area contributed by atoms with E-state index in [0.29, 0.717) is 11.4 Å². The highest BCUT2D eigenvalue weighted by atomic mass is 16.1. The number of nitrogens with zero attached hydrogens (tertiary/aromatic N) is 2. The highest BCUT2D eigenvalue weighted by molar-refractivity contribution is 5.71. The lowest BCUT2D eigenvalue weighted by Gasteiger charge is -1.81. The van der Waals surface area contributed by atoms with Gasteiger partial charge in [-0.3, -0.25) is 19.6 Å². The fraction of sp³-hybridized carbons (Fsp3) is 0. The van der Waals surface area contributed by atoms with E-state index in [1.54, 1.807) is 48.8 Å². The van der Waals surface area contributed by atoms with E-state index in [1.807, 2.05) is 6.79 Å². The standard InChI is InChI=1S/2C6H5NO.CH2O/c2*8-5-6-3-1-2-4-7-6;1-2/h2*1-5H;1H2. The second kappa shape index (κ2) is 10.8. The molecule has 0 aliphatic rings. The van der Waals surface area contributed by atoms with Crippen LogP contribution in [-0.4, -0.2) is 29.3 Å². The average molecular weight is 244 g/mol. The van der Waals surface area contributed by atoms with E-state index in [2.05, 4.69) is 9.97 Å². The molecule has 5 nitrogen and oxygen atoms in total. The molecule has 2 rings (SSSR count). The zero-order valence-electron chi connectivity index (χ0n) is 9.60. The van der Waals surface area contributed by atoms with Crippen molar-refractivity contribution in [3.8, 4) is 0 Å². The van der Waals surface area contributed by atoms with Crippen molar-refractivity contribution in [1.29, 1.82) is 0 Å². The first-order valence-electron chi connectivity index (χ1n) is 4.88. The molecule has 0 saturated heterocycles. The van der Waals surface area contributed by atoms with Crippen LogP contribution in [0.1, 0.15) is 21.0 Å². The SMILES string of the molecule is C=O.O=Cc1ccccn1.O=Cc1ccccn1. The van der Waals surface area contributed by atoms with Crippen molar-refractivity contribution in [2.24, 2.45) is 0 Å². The van der Waals surface area contributed by atoms with Crippen molar-refractivity contribution in [3.63, 3.8) is 0 Å². The Morgan fingerprint density at radius 3 is 1.33 bits per heavy atom. The molecule has 0 atom stereocenters. The second-order valence-electron chi connectivity index (χ2n) is 2.74. The molecule has 0 saturated carbocycles. The minimum atomic E-state index is 0.479. The number of carbonyl (C=O) groups is 3. The molecule has 0 radical (unpaired) electrons. The van der Waals surface area contributed by atoms with Crippen molar-refractivity contribution in [3.05, 3.63) is 60.2 Å². The molecule has 0 spiro atoms. The van der Waals surface area contributed by atoms with Gasteiger partial charge >= 0.3 is 0 Å². The second-order valence-corrected chi connectivity index (χ2v) is 2.74. The van der Waals surface area contributed by atoms with Crippen LogP contribution in [0.5, 0.6) is 0 Å². The Bertz CT molecular complexity index is 403. The summed E-state index contributed by atoms with van der Waals surface area (Å²) in [7, 11) is 0. The lowest BCUT2D eigenvalue weighted by atomic mass is 10.4. The highest BCUT2D eigenvalue weighted by Gasteiger charge is 1.82. The van der Waals surface area contributed by atoms with E-state index >= 15 is 0 Å². The van der Waals surface area contributed by atoms with Crippen LogP contribution >= 0.6 is 0 Å². The van der Waals surface area contributed by atoms with Gasteiger partial charge in [0.15, 0.2) is 12.6 Å². The summed E-state index contributed by atoms with van der Waals surface area (Å²) in [6, 6.07) is 10.4. The summed E-state index contributed by atoms with van der Waals surface area (Å²) < 4.78 is 0. The van der Waals surface area contributed by atoms with Gasteiger partial charge in [-0.2, -0.15) is 0 Å². The molecule has 0 unspecified atom stereocenters.